The van der Waals surface area contributed by atoms with Gasteiger partial charge in [0.1, 0.15) is 66.5 Å². The van der Waals surface area contributed by atoms with Gasteiger partial charge in [0.2, 0.25) is 76.8 Å². The number of aliphatic hydroxyl groups is 1. The molecule has 6 N–H and O–H groups in total. The van der Waals surface area contributed by atoms with E-state index in [-0.39, 0.29) is 81.4 Å². The van der Waals surface area contributed by atoms with Crippen molar-refractivity contribution in [2.45, 2.75) is 238 Å². The Morgan fingerprint density at radius 1 is 0.536 bits per heavy atom. The number of Topliss-reactive ketones (excluding diaryl/α,β-unsaturated/α-hetero) is 1. The molecule has 3 saturated heterocycles. The summed E-state index contributed by atoms with van der Waals surface area (Å²) in [5.74, 6) is -12.0. The number of hydrogen-bond donors (Lipinski definition) is 6. The van der Waals surface area contributed by atoms with Gasteiger partial charge in [-0.05, 0) is 114 Å². The molecule has 110 heavy (non-hydrogen) atoms. The summed E-state index contributed by atoms with van der Waals surface area (Å²) in [5, 5.41) is 25.1. The molecule has 15 atom stereocenters. The van der Waals surface area contributed by atoms with Gasteiger partial charge in [0.05, 0.1) is 18.6 Å². The van der Waals surface area contributed by atoms with Crippen molar-refractivity contribution >= 4 is 82.6 Å². The Hall–Kier alpha value is -9.60. The standard InChI is InChI=1S/C82H121N13O15/c1-18-51(6)69-81(109)89(13)55(10)77(105)91(15)65(47-59-36-27-21-28-37-59)74(102)87-70(56(11)96)82(110)92(16)64(46-58-34-25-20-26-35-58)73(101)84-60(42-49(2)3)79(107)95-41-31-38-62(95)72(100)85-61(48-68(98)83-53(8)71(99)86-69)78(106)93(17)66(43-50(4)5)80(108)88(12)54(9)76(104)90(14)63(45-57-32-23-19-24-33-57)67(97)44-52(7)75(103)94-39-29-22-30-40-94/h19-21,23-28,32-37,49-56,60-66,69-70,96H,18,22,29-31,38-48H2,1-17H3,(H,83,98)(H,84,101)(H,85,100)(H,86,99)(H,87,102)/t51-,52+,53-,54-,55-,56+,60-,61-,62-,63-,64-,65-,66-,69-,70-/m0/s1. The molecule has 3 aliphatic rings. The largest absolute Gasteiger partial charge is 0.391 e. The third kappa shape index (κ3) is 23.7. The average molecular weight is 1530 g/mol. The zero-order valence-electron chi connectivity index (χ0n) is 67.5. The topological polar surface area (TPSA) is 345 Å². The quantitative estimate of drug-likeness (QED) is 0.0789. The van der Waals surface area contributed by atoms with Gasteiger partial charge in [-0.25, -0.2) is 0 Å². The highest BCUT2D eigenvalue weighted by molar-refractivity contribution is 6.01. The van der Waals surface area contributed by atoms with Crippen molar-refractivity contribution in [2.75, 3.05) is 61.9 Å². The number of likely N-dealkylation sites (N-methyl/N-ethyl adjacent to an activating group) is 6. The van der Waals surface area contributed by atoms with Gasteiger partial charge < -0.3 is 70.9 Å². The zero-order valence-corrected chi connectivity index (χ0v) is 67.5. The van der Waals surface area contributed by atoms with Crippen LogP contribution in [0, 0.1) is 23.7 Å². The first-order valence-corrected chi connectivity index (χ1v) is 38.9. The molecule has 0 bridgehead atoms. The summed E-state index contributed by atoms with van der Waals surface area (Å²) in [7, 11) is 8.24. The molecule has 0 unspecified atom stereocenters. The minimum atomic E-state index is -1.82. The van der Waals surface area contributed by atoms with Crippen LogP contribution in [-0.2, 0) is 86.4 Å². The number of nitrogens with zero attached hydrogens (tertiary/aromatic N) is 8. The van der Waals surface area contributed by atoms with Crippen molar-refractivity contribution in [3.8, 4) is 0 Å². The number of likely N-dealkylation sites (tertiary alicyclic amines) is 1. The number of piperidine rings is 1. The highest BCUT2D eigenvalue weighted by Gasteiger charge is 2.46. The maximum Gasteiger partial charge on any atom is 0.248 e. The molecule has 0 aliphatic carbocycles. The Bertz CT molecular complexity index is 3690. The Kier molecular flexibility index (Phi) is 33.6. The number of carbonyl (C=O) groups is 14. The highest BCUT2D eigenvalue weighted by Crippen LogP contribution is 2.26. The van der Waals surface area contributed by atoms with Crippen molar-refractivity contribution in [1.82, 2.24) is 65.8 Å². The second kappa shape index (κ2) is 41.4. The van der Waals surface area contributed by atoms with Gasteiger partial charge in [-0.3, -0.25) is 67.1 Å². The molecule has 0 radical (unpaired) electrons. The fraction of sp³-hybridized carbons (Fsp3) is 0.610. The lowest BCUT2D eigenvalue weighted by Crippen LogP contribution is -2.63. The summed E-state index contributed by atoms with van der Waals surface area (Å²) in [5.41, 5.74) is 1.95. The monoisotopic (exact) mass is 1530 g/mol. The molecule has 13 amide bonds. The van der Waals surface area contributed by atoms with E-state index in [2.05, 4.69) is 26.6 Å². The number of rotatable bonds is 23. The molecule has 6 rings (SSSR count). The molecule has 3 heterocycles. The molecule has 0 saturated carbocycles. The SMILES string of the molecule is CC[C@H](C)[C@@H]1NC(=O)[C@H](C)NC(=O)C[C@@H](C(=O)N(C)[C@@H](CC(C)C)C(=O)N(C)[C@@H](C)C(=O)N(C)[C@@H](Cc2ccccc2)C(=O)C[C@@H](C)C(=O)N2CCCCC2)NC(=O)[C@@H]2CCCN2C(=O)[C@H](CC(C)C)NC(=O)[C@H](Cc2ccccc2)N(C)C(=O)[C@H]([C@@H](C)O)NC(=O)[C@H](Cc2ccccc2)N(C)C(=O)[C@H](C)N(C)C1=O. The first-order chi connectivity index (χ1) is 51.9. The van der Waals surface area contributed by atoms with E-state index in [1.807, 2.05) is 58.0 Å². The van der Waals surface area contributed by atoms with Gasteiger partial charge in [-0.1, -0.05) is 146 Å². The minimum Gasteiger partial charge on any atom is -0.391 e. The Labute approximate surface area is 649 Å². The average Bonchev–Trinajstić information content (AvgIpc) is 1.28. The molecule has 28 heteroatoms. The van der Waals surface area contributed by atoms with E-state index in [1.165, 1.54) is 84.7 Å². The maximum absolute atomic E-state index is 15.6. The third-order valence-corrected chi connectivity index (χ3v) is 22.0. The number of benzene rings is 3. The Balaban J connectivity index is 1.40. The van der Waals surface area contributed by atoms with E-state index in [9.17, 15) is 43.5 Å². The lowest BCUT2D eigenvalue weighted by molar-refractivity contribution is -0.152. The number of fused-ring (bicyclic) bond motifs is 1. The van der Waals surface area contributed by atoms with Gasteiger partial charge in [0, 0.05) is 87.1 Å². The van der Waals surface area contributed by atoms with Crippen LogP contribution in [0.25, 0.3) is 0 Å². The predicted octanol–water partition coefficient (Wildman–Crippen LogP) is 3.68. The molecule has 3 aromatic carbocycles. The normalized spacial score (nSPS) is 23.9. The summed E-state index contributed by atoms with van der Waals surface area (Å²) in [4.78, 5) is 218. The van der Waals surface area contributed by atoms with Gasteiger partial charge >= 0.3 is 0 Å². The first-order valence-electron chi connectivity index (χ1n) is 38.9. The second-order valence-corrected chi connectivity index (χ2v) is 31.3. The number of aliphatic hydroxyl groups excluding tert-OH is 1. The minimum absolute atomic E-state index is 0.00238. The Morgan fingerprint density at radius 2 is 1.05 bits per heavy atom. The highest BCUT2D eigenvalue weighted by atomic mass is 16.3. The van der Waals surface area contributed by atoms with Crippen molar-refractivity contribution in [3.63, 3.8) is 0 Å². The number of carbonyl (C=O) groups excluding carboxylic acids is 14. The maximum atomic E-state index is 15.6. The lowest BCUT2D eigenvalue weighted by atomic mass is 9.93. The Morgan fingerprint density at radius 3 is 1.58 bits per heavy atom. The number of ketones is 1. The van der Waals surface area contributed by atoms with E-state index in [4.69, 9.17) is 0 Å². The molecule has 604 valence electrons. The van der Waals surface area contributed by atoms with Gasteiger partial charge in [-0.15, -0.1) is 0 Å². The van der Waals surface area contributed by atoms with Crippen LogP contribution in [0.3, 0.4) is 0 Å². The van der Waals surface area contributed by atoms with Crippen LogP contribution < -0.4 is 26.6 Å². The van der Waals surface area contributed by atoms with Gasteiger partial charge in [0.15, 0.2) is 5.78 Å². The second-order valence-electron chi connectivity index (χ2n) is 31.3. The van der Waals surface area contributed by atoms with E-state index >= 15 is 28.8 Å². The molecule has 3 aliphatic heterocycles. The summed E-state index contributed by atoms with van der Waals surface area (Å²) in [6.07, 6.45) is 0.703. The van der Waals surface area contributed by atoms with E-state index in [0.29, 0.717) is 30.6 Å². The zero-order chi connectivity index (χ0) is 81.7. The van der Waals surface area contributed by atoms with Gasteiger partial charge in [0.25, 0.3) is 0 Å². The molecular weight excluding hydrogens is 1410 g/mol. The smallest absolute Gasteiger partial charge is 0.248 e. The summed E-state index contributed by atoms with van der Waals surface area (Å²) in [6, 6.07) is 9.82. The molecular formula is C82H121N13O15. The summed E-state index contributed by atoms with van der Waals surface area (Å²) >= 11 is 0. The molecule has 0 spiro atoms. The molecule has 3 aromatic rings. The van der Waals surface area contributed by atoms with Crippen molar-refractivity contribution in [3.05, 3.63) is 108 Å². The summed E-state index contributed by atoms with van der Waals surface area (Å²) in [6.45, 7) is 19.2. The van der Waals surface area contributed by atoms with Crippen LogP contribution >= 0.6 is 0 Å². The molecule has 28 nitrogen and oxygen atoms in total. The van der Waals surface area contributed by atoms with E-state index in [0.717, 1.165) is 44.4 Å². The molecule has 3 fully saturated rings. The lowest BCUT2D eigenvalue weighted by Gasteiger charge is -2.38. The number of nitrogens with one attached hydrogen (secondary N) is 5. The third-order valence-electron chi connectivity index (χ3n) is 22.0. The van der Waals surface area contributed by atoms with Crippen LogP contribution in [0.15, 0.2) is 91.0 Å². The van der Waals surface area contributed by atoms with Gasteiger partial charge in [-0.2, -0.15) is 0 Å². The van der Waals surface area contributed by atoms with Crippen molar-refractivity contribution in [2.24, 2.45) is 23.7 Å². The fourth-order valence-corrected chi connectivity index (χ4v) is 14.5. The number of amides is 13. The molecule has 0 aromatic heterocycles. The fourth-order valence-electron chi connectivity index (χ4n) is 14.5. The van der Waals surface area contributed by atoms with Crippen LogP contribution in [-0.4, -0.2) is 267 Å². The number of hydrogen-bond acceptors (Lipinski definition) is 15. The van der Waals surface area contributed by atoms with Crippen molar-refractivity contribution < 1.29 is 72.2 Å². The van der Waals surface area contributed by atoms with E-state index in [1.54, 1.807) is 86.3 Å². The van der Waals surface area contributed by atoms with Crippen LogP contribution in [0.5, 0.6) is 0 Å². The predicted molar refractivity (Wildman–Crippen MR) is 415 cm³/mol. The van der Waals surface area contributed by atoms with Crippen LogP contribution in [0.4, 0.5) is 0 Å². The first kappa shape index (κ1) is 89.3. The van der Waals surface area contributed by atoms with Crippen LogP contribution in [0.2, 0.25) is 0 Å². The summed E-state index contributed by atoms with van der Waals surface area (Å²) < 4.78 is 0. The van der Waals surface area contributed by atoms with E-state index < -0.39 is 168 Å². The van der Waals surface area contributed by atoms with Crippen LogP contribution in [0.1, 0.15) is 157 Å². The van der Waals surface area contributed by atoms with Crippen molar-refractivity contribution in [1.29, 1.82) is 0 Å².